The van der Waals surface area contributed by atoms with Crippen molar-refractivity contribution in [1.29, 1.82) is 0 Å². The van der Waals surface area contributed by atoms with Gasteiger partial charge in [0, 0.05) is 16.5 Å². The van der Waals surface area contributed by atoms with E-state index in [9.17, 15) is 4.79 Å². The first-order chi connectivity index (χ1) is 11.1. The lowest BCUT2D eigenvalue weighted by Gasteiger charge is -2.12. The molecule has 0 aromatic heterocycles. The highest BCUT2D eigenvalue weighted by molar-refractivity contribution is 8.00. The molecule has 0 radical (unpaired) electrons. The van der Waals surface area contributed by atoms with Crippen molar-refractivity contribution in [1.82, 2.24) is 5.32 Å². The molecule has 0 unspecified atom stereocenters. The number of thioether (sulfide) groups is 1. The third kappa shape index (κ3) is 6.65. The summed E-state index contributed by atoms with van der Waals surface area (Å²) in [5.74, 6) is 0.00765. The van der Waals surface area contributed by atoms with E-state index in [-0.39, 0.29) is 11.2 Å². The van der Waals surface area contributed by atoms with E-state index in [0.717, 1.165) is 10.5 Å². The van der Waals surface area contributed by atoms with Crippen LogP contribution in [-0.4, -0.2) is 24.3 Å². The van der Waals surface area contributed by atoms with Crippen LogP contribution >= 0.6 is 23.4 Å². The van der Waals surface area contributed by atoms with Crippen molar-refractivity contribution in [3.63, 3.8) is 0 Å². The van der Waals surface area contributed by atoms with Crippen molar-refractivity contribution in [2.24, 2.45) is 0 Å². The van der Waals surface area contributed by atoms with E-state index in [4.69, 9.17) is 16.3 Å². The van der Waals surface area contributed by atoms with Crippen LogP contribution in [0, 0.1) is 0 Å². The summed E-state index contributed by atoms with van der Waals surface area (Å²) in [4.78, 5) is 13.1. The fraction of sp³-hybridized carbons (Fsp3) is 0.278. The second-order valence-electron chi connectivity index (χ2n) is 5.04. The van der Waals surface area contributed by atoms with Crippen molar-refractivity contribution >= 4 is 29.3 Å². The number of carbonyl (C=O) groups is 1. The molecule has 2 rings (SSSR count). The fourth-order valence-electron chi connectivity index (χ4n) is 1.93. The number of ether oxygens (including phenoxy) is 1. The lowest BCUT2D eigenvalue weighted by Crippen LogP contribution is -2.33. The van der Waals surface area contributed by atoms with Crippen LogP contribution < -0.4 is 5.32 Å². The van der Waals surface area contributed by atoms with E-state index in [1.165, 1.54) is 11.8 Å². The predicted molar refractivity (Wildman–Crippen MR) is 95.9 cm³/mol. The van der Waals surface area contributed by atoms with Gasteiger partial charge in [0.25, 0.3) is 0 Å². The smallest absolute Gasteiger partial charge is 0.233 e. The molecule has 0 fully saturated rings. The lowest BCUT2D eigenvalue weighted by molar-refractivity contribution is -0.120. The van der Waals surface area contributed by atoms with Gasteiger partial charge in [-0.1, -0.05) is 41.9 Å². The van der Waals surface area contributed by atoms with Gasteiger partial charge in [0.05, 0.1) is 18.5 Å². The maximum Gasteiger partial charge on any atom is 0.233 e. The lowest BCUT2D eigenvalue weighted by atomic mass is 10.2. The number of hydrogen-bond acceptors (Lipinski definition) is 3. The molecule has 0 aliphatic heterocycles. The molecule has 1 N–H and O–H groups in total. The standard InChI is InChI=1S/C18H20ClNO2S/c1-14(23-17-9-7-16(19)8-10-17)18(21)20-11-12-22-13-15-5-3-2-4-6-15/h2-10,14H,11-13H2,1H3,(H,20,21)/t14-/m0/s1. The minimum atomic E-state index is -0.162. The molecule has 2 aromatic rings. The van der Waals surface area contributed by atoms with Crippen LogP contribution in [0.1, 0.15) is 12.5 Å². The molecule has 3 nitrogen and oxygen atoms in total. The van der Waals surface area contributed by atoms with Gasteiger partial charge in [-0.3, -0.25) is 4.79 Å². The van der Waals surface area contributed by atoms with Gasteiger partial charge in [0.2, 0.25) is 5.91 Å². The zero-order valence-corrected chi connectivity index (χ0v) is 14.6. The molecular weight excluding hydrogens is 330 g/mol. The van der Waals surface area contributed by atoms with Crippen LogP contribution in [0.2, 0.25) is 5.02 Å². The molecule has 0 heterocycles. The monoisotopic (exact) mass is 349 g/mol. The Morgan fingerprint density at radius 3 is 2.57 bits per heavy atom. The molecule has 0 saturated carbocycles. The predicted octanol–water partition coefficient (Wildman–Crippen LogP) is 4.15. The topological polar surface area (TPSA) is 38.3 Å². The van der Waals surface area contributed by atoms with Crippen LogP contribution in [0.15, 0.2) is 59.5 Å². The molecule has 0 aliphatic rings. The average Bonchev–Trinajstić information content (AvgIpc) is 2.57. The molecule has 0 aliphatic carbocycles. The van der Waals surface area contributed by atoms with E-state index < -0.39 is 0 Å². The van der Waals surface area contributed by atoms with Gasteiger partial charge < -0.3 is 10.1 Å². The van der Waals surface area contributed by atoms with E-state index in [1.54, 1.807) is 0 Å². The second-order valence-corrected chi connectivity index (χ2v) is 6.89. The van der Waals surface area contributed by atoms with Gasteiger partial charge in [-0.2, -0.15) is 0 Å². The quantitative estimate of drug-likeness (QED) is 0.574. The summed E-state index contributed by atoms with van der Waals surface area (Å²) in [6.45, 7) is 3.46. The molecular formula is C18H20ClNO2S. The molecule has 2 aromatic carbocycles. The van der Waals surface area contributed by atoms with Crippen molar-refractivity contribution in [2.45, 2.75) is 23.7 Å². The fourth-order valence-corrected chi connectivity index (χ4v) is 2.94. The van der Waals surface area contributed by atoms with Crippen molar-refractivity contribution in [3.05, 3.63) is 65.2 Å². The number of amides is 1. The molecule has 1 atom stereocenters. The molecule has 23 heavy (non-hydrogen) atoms. The molecule has 0 spiro atoms. The highest BCUT2D eigenvalue weighted by atomic mass is 35.5. The normalized spacial score (nSPS) is 11.9. The Hall–Kier alpha value is -1.49. The van der Waals surface area contributed by atoms with Gasteiger partial charge in [-0.05, 0) is 36.8 Å². The molecule has 122 valence electrons. The largest absolute Gasteiger partial charge is 0.375 e. The van der Waals surface area contributed by atoms with Crippen LogP contribution in [0.4, 0.5) is 0 Å². The van der Waals surface area contributed by atoms with Crippen molar-refractivity contribution in [3.8, 4) is 0 Å². The molecule has 5 heteroatoms. The highest BCUT2D eigenvalue weighted by Gasteiger charge is 2.13. The number of rotatable bonds is 8. The Morgan fingerprint density at radius 1 is 1.17 bits per heavy atom. The summed E-state index contributed by atoms with van der Waals surface area (Å²) in [5, 5.41) is 3.42. The van der Waals surface area contributed by atoms with Gasteiger partial charge in [-0.15, -0.1) is 11.8 Å². The minimum absolute atomic E-state index is 0.00765. The Balaban J connectivity index is 1.63. The van der Waals surface area contributed by atoms with Crippen LogP contribution in [0.5, 0.6) is 0 Å². The Bertz CT molecular complexity index is 604. The van der Waals surface area contributed by atoms with Crippen LogP contribution in [0.25, 0.3) is 0 Å². The van der Waals surface area contributed by atoms with E-state index in [2.05, 4.69) is 5.32 Å². The number of carbonyl (C=O) groups excluding carboxylic acids is 1. The second kappa shape index (κ2) is 9.60. The first-order valence-electron chi connectivity index (χ1n) is 7.47. The number of benzene rings is 2. The van der Waals surface area contributed by atoms with Gasteiger partial charge >= 0.3 is 0 Å². The SMILES string of the molecule is C[C@H](Sc1ccc(Cl)cc1)C(=O)NCCOCc1ccccc1. The van der Waals surface area contributed by atoms with Crippen LogP contribution in [0.3, 0.4) is 0 Å². The first kappa shape index (κ1) is 17.9. The van der Waals surface area contributed by atoms with E-state index in [0.29, 0.717) is 24.8 Å². The van der Waals surface area contributed by atoms with Gasteiger partial charge in [-0.25, -0.2) is 0 Å². The van der Waals surface area contributed by atoms with Gasteiger partial charge in [0.15, 0.2) is 0 Å². The summed E-state index contributed by atoms with van der Waals surface area (Å²) in [6, 6.07) is 17.5. The summed E-state index contributed by atoms with van der Waals surface area (Å²) in [5.41, 5.74) is 1.13. The third-order valence-corrected chi connectivity index (χ3v) is 4.52. The van der Waals surface area contributed by atoms with Crippen molar-refractivity contribution < 1.29 is 9.53 Å². The number of nitrogens with one attached hydrogen (secondary N) is 1. The molecule has 1 amide bonds. The van der Waals surface area contributed by atoms with Gasteiger partial charge in [0.1, 0.15) is 0 Å². The number of halogens is 1. The van der Waals surface area contributed by atoms with E-state index in [1.807, 2.05) is 61.5 Å². The van der Waals surface area contributed by atoms with Crippen LogP contribution in [-0.2, 0) is 16.1 Å². The summed E-state index contributed by atoms with van der Waals surface area (Å²) >= 11 is 7.36. The minimum Gasteiger partial charge on any atom is -0.375 e. The Kier molecular flexibility index (Phi) is 7.46. The third-order valence-electron chi connectivity index (χ3n) is 3.15. The molecule has 0 saturated heterocycles. The maximum absolute atomic E-state index is 12.0. The first-order valence-corrected chi connectivity index (χ1v) is 8.72. The summed E-state index contributed by atoms with van der Waals surface area (Å²) in [7, 11) is 0. The number of hydrogen-bond donors (Lipinski definition) is 1. The zero-order valence-electron chi connectivity index (χ0n) is 13.0. The molecule has 0 bridgehead atoms. The Morgan fingerprint density at radius 2 is 1.87 bits per heavy atom. The Labute approximate surface area is 146 Å². The van der Waals surface area contributed by atoms with Crippen molar-refractivity contribution in [2.75, 3.05) is 13.2 Å². The summed E-state index contributed by atoms with van der Waals surface area (Å²) in [6.07, 6.45) is 0. The highest BCUT2D eigenvalue weighted by Crippen LogP contribution is 2.24. The maximum atomic E-state index is 12.0. The average molecular weight is 350 g/mol. The zero-order chi connectivity index (χ0) is 16.5. The summed E-state index contributed by atoms with van der Waals surface area (Å²) < 4.78 is 5.55. The van der Waals surface area contributed by atoms with E-state index >= 15 is 0 Å².